The lowest BCUT2D eigenvalue weighted by Gasteiger charge is -2.42. The molecule has 2 aliphatic rings. The molecule has 1 saturated heterocycles. The Labute approximate surface area is 164 Å². The van der Waals surface area contributed by atoms with Crippen LogP contribution in [0.5, 0.6) is 0 Å². The Balaban J connectivity index is 1.53. The van der Waals surface area contributed by atoms with Gasteiger partial charge in [0.2, 0.25) is 5.91 Å². The van der Waals surface area contributed by atoms with Crippen LogP contribution in [-0.2, 0) is 31.5 Å². The summed E-state index contributed by atoms with van der Waals surface area (Å²) in [5, 5.41) is 9.16. The summed E-state index contributed by atoms with van der Waals surface area (Å²) in [4.78, 5) is 33.2. The number of aryl methyl sites for hydroxylation is 1. The van der Waals surface area contributed by atoms with Crippen molar-refractivity contribution in [2.24, 2.45) is 13.0 Å². The maximum absolute atomic E-state index is 13.1. The zero-order chi connectivity index (χ0) is 19.8. The highest BCUT2D eigenvalue weighted by Crippen LogP contribution is 2.35. The van der Waals surface area contributed by atoms with Gasteiger partial charge in [-0.15, -0.1) is 0 Å². The number of likely N-dealkylation sites (tertiary alicyclic amines) is 1. The minimum atomic E-state index is -0.451. The van der Waals surface area contributed by atoms with Gasteiger partial charge < -0.3 is 19.1 Å². The van der Waals surface area contributed by atoms with Crippen molar-refractivity contribution in [1.82, 2.24) is 23.9 Å². The summed E-state index contributed by atoms with van der Waals surface area (Å²) in [5.41, 5.74) is 1.86. The lowest BCUT2D eigenvalue weighted by Crippen LogP contribution is -2.50. The fourth-order valence-corrected chi connectivity index (χ4v) is 4.55. The van der Waals surface area contributed by atoms with Gasteiger partial charge in [-0.25, -0.2) is 4.98 Å². The number of imidazole rings is 1. The number of hydrogen-bond acceptors (Lipinski definition) is 5. The van der Waals surface area contributed by atoms with Crippen LogP contribution in [0.2, 0.25) is 0 Å². The summed E-state index contributed by atoms with van der Waals surface area (Å²) in [7, 11) is 3.96. The summed E-state index contributed by atoms with van der Waals surface area (Å²) in [6.07, 6.45) is 4.69. The van der Waals surface area contributed by atoms with Crippen LogP contribution in [0.1, 0.15) is 29.4 Å². The predicted molar refractivity (Wildman–Crippen MR) is 104 cm³/mol. The molecule has 0 unspecified atom stereocenters. The third-order valence-corrected chi connectivity index (χ3v) is 5.94. The molecular formula is C20H27N5O3. The fraction of sp³-hybridized carbons (Fsp3) is 0.550. The first-order valence-electron chi connectivity index (χ1n) is 9.72. The van der Waals surface area contributed by atoms with E-state index in [0.29, 0.717) is 32.7 Å². The third-order valence-electron chi connectivity index (χ3n) is 5.94. The quantitative estimate of drug-likeness (QED) is 0.792. The summed E-state index contributed by atoms with van der Waals surface area (Å²) in [6.45, 7) is 2.62. The highest BCUT2D eigenvalue weighted by atomic mass is 16.3. The summed E-state index contributed by atoms with van der Waals surface area (Å²) in [5.74, 6) is 1.16. The van der Waals surface area contributed by atoms with Crippen molar-refractivity contribution in [3.05, 3.63) is 52.0 Å². The number of nitrogens with zero attached hydrogens (tertiary/aromatic N) is 5. The second kappa shape index (κ2) is 7.52. The van der Waals surface area contributed by atoms with E-state index in [0.717, 1.165) is 23.5 Å². The number of pyridine rings is 1. The van der Waals surface area contributed by atoms with Crippen molar-refractivity contribution >= 4 is 5.91 Å². The maximum Gasteiger partial charge on any atom is 0.255 e. The maximum atomic E-state index is 13.1. The first-order valence-corrected chi connectivity index (χ1v) is 9.72. The second-order valence-corrected chi connectivity index (χ2v) is 8.08. The van der Waals surface area contributed by atoms with Crippen LogP contribution in [0, 0.1) is 5.92 Å². The first kappa shape index (κ1) is 18.9. The molecule has 1 N–H and O–H groups in total. The summed E-state index contributed by atoms with van der Waals surface area (Å²) < 4.78 is 3.89. The van der Waals surface area contributed by atoms with Crippen LogP contribution in [0.15, 0.2) is 29.3 Å². The second-order valence-electron chi connectivity index (χ2n) is 8.08. The number of aliphatic hydroxyl groups excluding tert-OH is 1. The van der Waals surface area contributed by atoms with Crippen LogP contribution < -0.4 is 5.56 Å². The molecular weight excluding hydrogens is 358 g/mol. The molecule has 1 amide bonds. The number of aromatic nitrogens is 3. The van der Waals surface area contributed by atoms with Crippen molar-refractivity contribution < 1.29 is 9.90 Å². The van der Waals surface area contributed by atoms with Gasteiger partial charge in [-0.3, -0.25) is 14.5 Å². The third kappa shape index (κ3) is 3.49. The standard InChI is InChI=1S/C20H27N5O3/c1-22(12-18-21-5-6-23(18)2)10-15-3-4-17-16-7-14(9-25(17)20(15)28)8-24(11-16)19(27)13-26/h3-6,14,16,26H,7-13H2,1-2H3/t14-,16+/m0/s1. The largest absolute Gasteiger partial charge is 0.387 e. The molecule has 2 atom stereocenters. The molecule has 2 aliphatic heterocycles. The smallest absolute Gasteiger partial charge is 0.255 e. The van der Waals surface area contributed by atoms with Crippen LogP contribution in [0.3, 0.4) is 0 Å². The molecule has 4 heterocycles. The van der Waals surface area contributed by atoms with Gasteiger partial charge in [-0.1, -0.05) is 6.07 Å². The highest BCUT2D eigenvalue weighted by Gasteiger charge is 2.36. The number of piperidine rings is 1. The fourth-order valence-electron chi connectivity index (χ4n) is 4.55. The number of aliphatic hydroxyl groups is 1. The molecule has 2 aromatic rings. The van der Waals surface area contributed by atoms with E-state index in [4.69, 9.17) is 5.11 Å². The summed E-state index contributed by atoms with van der Waals surface area (Å²) in [6, 6.07) is 3.97. The Hall–Kier alpha value is -2.45. The van der Waals surface area contributed by atoms with Crippen molar-refractivity contribution in [3.8, 4) is 0 Å². The van der Waals surface area contributed by atoms with Crippen LogP contribution in [0.25, 0.3) is 0 Å². The van der Waals surface area contributed by atoms with Crippen molar-refractivity contribution in [1.29, 1.82) is 0 Å². The molecule has 8 heteroatoms. The van der Waals surface area contributed by atoms with Crippen molar-refractivity contribution in [3.63, 3.8) is 0 Å². The lowest BCUT2D eigenvalue weighted by molar-refractivity contribution is -0.136. The molecule has 2 aromatic heterocycles. The van der Waals surface area contributed by atoms with E-state index >= 15 is 0 Å². The predicted octanol–water partition coefficient (Wildman–Crippen LogP) is 0.152. The Morgan fingerprint density at radius 3 is 2.82 bits per heavy atom. The Morgan fingerprint density at radius 1 is 1.29 bits per heavy atom. The number of amides is 1. The van der Waals surface area contributed by atoms with Gasteiger partial charge in [0.15, 0.2) is 0 Å². The van der Waals surface area contributed by atoms with Crippen LogP contribution in [0.4, 0.5) is 0 Å². The SMILES string of the molecule is CN(Cc1ccc2n(c1=O)C[C@H]1C[C@@H]2CN(C(=O)CO)C1)Cc1nccn1C. The minimum Gasteiger partial charge on any atom is -0.387 e. The average Bonchev–Trinajstić information content (AvgIpc) is 3.08. The number of carbonyl (C=O) groups is 1. The molecule has 1 fully saturated rings. The van der Waals surface area contributed by atoms with E-state index in [1.165, 1.54) is 0 Å². The highest BCUT2D eigenvalue weighted by molar-refractivity contribution is 5.77. The molecule has 0 aliphatic carbocycles. The number of hydrogen-bond donors (Lipinski definition) is 1. The topological polar surface area (TPSA) is 83.6 Å². The van der Waals surface area contributed by atoms with Gasteiger partial charge in [-0.05, 0) is 25.5 Å². The van der Waals surface area contributed by atoms with E-state index in [2.05, 4.69) is 9.88 Å². The molecule has 4 rings (SSSR count). The summed E-state index contributed by atoms with van der Waals surface area (Å²) >= 11 is 0. The van der Waals surface area contributed by atoms with Crippen LogP contribution >= 0.6 is 0 Å². The monoisotopic (exact) mass is 385 g/mol. The van der Waals surface area contributed by atoms with Gasteiger partial charge in [-0.2, -0.15) is 0 Å². The molecule has 8 nitrogen and oxygen atoms in total. The number of carbonyl (C=O) groups excluding carboxylic acids is 1. The Bertz CT molecular complexity index is 934. The Kier molecular flexibility index (Phi) is 5.07. The minimum absolute atomic E-state index is 0.0702. The van der Waals surface area contributed by atoms with E-state index in [-0.39, 0.29) is 23.3 Å². The number of fused-ring (bicyclic) bond motifs is 4. The molecule has 0 radical (unpaired) electrons. The molecule has 0 saturated carbocycles. The van der Waals surface area contributed by atoms with Gasteiger partial charge in [0.1, 0.15) is 12.4 Å². The van der Waals surface area contributed by atoms with Gasteiger partial charge in [0.25, 0.3) is 5.56 Å². The molecule has 2 bridgehead atoms. The van der Waals surface area contributed by atoms with Crippen molar-refractivity contribution in [2.45, 2.75) is 32.0 Å². The van der Waals surface area contributed by atoms with Crippen molar-refractivity contribution in [2.75, 3.05) is 26.7 Å². The normalized spacial score (nSPS) is 21.1. The lowest BCUT2D eigenvalue weighted by atomic mass is 9.83. The van der Waals surface area contributed by atoms with Gasteiger partial charge >= 0.3 is 0 Å². The van der Waals surface area contributed by atoms with Gasteiger partial charge in [0.05, 0.1) is 6.54 Å². The zero-order valence-corrected chi connectivity index (χ0v) is 16.4. The average molecular weight is 385 g/mol. The number of rotatable bonds is 5. The van der Waals surface area contributed by atoms with Crippen LogP contribution in [-0.4, -0.2) is 61.7 Å². The van der Waals surface area contributed by atoms with E-state index in [1.54, 1.807) is 11.1 Å². The zero-order valence-electron chi connectivity index (χ0n) is 16.4. The van der Waals surface area contributed by atoms with E-state index in [1.807, 2.05) is 41.6 Å². The van der Waals surface area contributed by atoms with Gasteiger partial charge in [0, 0.05) is 62.8 Å². The molecule has 0 aromatic carbocycles. The molecule has 28 heavy (non-hydrogen) atoms. The van der Waals surface area contributed by atoms with E-state index in [9.17, 15) is 9.59 Å². The van der Waals surface area contributed by atoms with E-state index < -0.39 is 6.61 Å². The molecule has 150 valence electrons. The first-order chi connectivity index (χ1) is 13.5. The molecule has 0 spiro atoms. The Morgan fingerprint density at radius 2 is 2.11 bits per heavy atom.